The van der Waals surface area contributed by atoms with Crippen molar-refractivity contribution in [2.45, 2.75) is 33.0 Å². The van der Waals surface area contributed by atoms with Crippen LogP contribution in [-0.2, 0) is 6.54 Å². The summed E-state index contributed by atoms with van der Waals surface area (Å²) in [5.41, 5.74) is 2.83. The van der Waals surface area contributed by atoms with E-state index in [0.717, 1.165) is 23.2 Å². The number of nitrogens with one attached hydrogen (secondary N) is 1. The maximum atomic E-state index is 13.0. The van der Waals surface area contributed by atoms with Crippen molar-refractivity contribution in [2.75, 3.05) is 0 Å². The van der Waals surface area contributed by atoms with Crippen molar-refractivity contribution in [3.05, 3.63) is 47.7 Å². The third-order valence-electron chi connectivity index (χ3n) is 2.38. The van der Waals surface area contributed by atoms with E-state index >= 15 is 0 Å². The van der Waals surface area contributed by atoms with E-state index < -0.39 is 6.17 Å². The van der Waals surface area contributed by atoms with Crippen LogP contribution in [0.25, 0.3) is 0 Å². The van der Waals surface area contributed by atoms with Gasteiger partial charge in [0, 0.05) is 12.2 Å². The molecule has 1 unspecified atom stereocenters. The highest BCUT2D eigenvalue weighted by molar-refractivity contribution is 5.25. The number of alkyl halides is 1. The highest BCUT2D eigenvalue weighted by atomic mass is 19.1. The van der Waals surface area contributed by atoms with Crippen LogP contribution in [0.2, 0.25) is 0 Å². The van der Waals surface area contributed by atoms with Gasteiger partial charge in [0.05, 0.1) is 0 Å². The van der Waals surface area contributed by atoms with Gasteiger partial charge in [-0.25, -0.2) is 4.39 Å². The molecular formula is C13H18FN. The van der Waals surface area contributed by atoms with Gasteiger partial charge in [0.15, 0.2) is 0 Å². The molecule has 0 aliphatic rings. The highest BCUT2D eigenvalue weighted by Crippen LogP contribution is 2.17. The summed E-state index contributed by atoms with van der Waals surface area (Å²) in [6.45, 7) is 8.18. The van der Waals surface area contributed by atoms with Gasteiger partial charge in [-0.3, -0.25) is 0 Å². The number of rotatable bonds is 5. The molecule has 82 valence electrons. The SMILES string of the molecule is C=C(CC)NCc1cccc(C(C)F)c1. The van der Waals surface area contributed by atoms with Crippen molar-refractivity contribution in [1.82, 2.24) is 5.32 Å². The van der Waals surface area contributed by atoms with Crippen LogP contribution in [0.1, 0.15) is 37.6 Å². The van der Waals surface area contributed by atoms with E-state index in [4.69, 9.17) is 0 Å². The summed E-state index contributed by atoms with van der Waals surface area (Å²) in [5.74, 6) is 0. The van der Waals surface area contributed by atoms with E-state index in [0.29, 0.717) is 6.54 Å². The van der Waals surface area contributed by atoms with Crippen molar-refractivity contribution in [3.63, 3.8) is 0 Å². The van der Waals surface area contributed by atoms with Gasteiger partial charge in [0.2, 0.25) is 0 Å². The van der Waals surface area contributed by atoms with Gasteiger partial charge in [-0.05, 0) is 24.5 Å². The fourth-order valence-electron chi connectivity index (χ4n) is 1.30. The van der Waals surface area contributed by atoms with E-state index in [9.17, 15) is 4.39 Å². The molecule has 2 heteroatoms. The van der Waals surface area contributed by atoms with E-state index in [1.807, 2.05) is 24.3 Å². The number of hydrogen-bond acceptors (Lipinski definition) is 1. The van der Waals surface area contributed by atoms with Crippen LogP contribution >= 0.6 is 0 Å². The lowest BCUT2D eigenvalue weighted by molar-refractivity contribution is 0.374. The molecule has 0 spiro atoms. The Hall–Kier alpha value is -1.31. The Bertz CT molecular complexity index is 331. The average Bonchev–Trinajstić information content (AvgIpc) is 2.26. The fraction of sp³-hybridized carbons (Fsp3) is 0.385. The molecule has 0 bridgehead atoms. The zero-order valence-electron chi connectivity index (χ0n) is 9.39. The molecule has 0 saturated heterocycles. The largest absolute Gasteiger partial charge is 0.385 e. The van der Waals surface area contributed by atoms with E-state index in [1.165, 1.54) is 0 Å². The van der Waals surface area contributed by atoms with Crippen LogP contribution < -0.4 is 5.32 Å². The minimum Gasteiger partial charge on any atom is -0.385 e. The molecule has 0 heterocycles. The predicted octanol–water partition coefficient (Wildman–Crippen LogP) is 3.73. The van der Waals surface area contributed by atoms with Crippen LogP contribution in [0.4, 0.5) is 4.39 Å². The fourth-order valence-corrected chi connectivity index (χ4v) is 1.30. The summed E-state index contributed by atoms with van der Waals surface area (Å²) in [6, 6.07) is 7.57. The second kappa shape index (κ2) is 5.54. The van der Waals surface area contributed by atoms with Crippen molar-refractivity contribution in [3.8, 4) is 0 Å². The summed E-state index contributed by atoms with van der Waals surface area (Å²) in [7, 11) is 0. The lowest BCUT2D eigenvalue weighted by Crippen LogP contribution is -2.11. The molecule has 1 atom stereocenters. The summed E-state index contributed by atoms with van der Waals surface area (Å²) < 4.78 is 13.0. The van der Waals surface area contributed by atoms with Gasteiger partial charge in [-0.15, -0.1) is 0 Å². The minimum absolute atomic E-state index is 0.716. The Kier molecular flexibility index (Phi) is 4.35. The van der Waals surface area contributed by atoms with Crippen LogP contribution in [0, 0.1) is 0 Å². The quantitative estimate of drug-likeness (QED) is 0.775. The molecule has 15 heavy (non-hydrogen) atoms. The molecule has 0 aromatic heterocycles. The normalized spacial score (nSPS) is 12.2. The summed E-state index contributed by atoms with van der Waals surface area (Å²) in [4.78, 5) is 0. The highest BCUT2D eigenvalue weighted by Gasteiger charge is 2.02. The third kappa shape index (κ3) is 3.74. The lowest BCUT2D eigenvalue weighted by atomic mass is 10.1. The molecule has 0 aliphatic heterocycles. The second-order valence-electron chi connectivity index (χ2n) is 3.67. The molecular weight excluding hydrogens is 189 g/mol. The first kappa shape index (κ1) is 11.8. The molecule has 0 aliphatic carbocycles. The molecule has 1 N–H and O–H groups in total. The molecule has 1 nitrogen and oxygen atoms in total. The Balaban J connectivity index is 2.61. The zero-order valence-corrected chi connectivity index (χ0v) is 9.39. The molecule has 1 aromatic carbocycles. The van der Waals surface area contributed by atoms with E-state index in [-0.39, 0.29) is 0 Å². The van der Waals surface area contributed by atoms with E-state index in [2.05, 4.69) is 18.8 Å². The van der Waals surface area contributed by atoms with Crippen LogP contribution in [0.3, 0.4) is 0 Å². The van der Waals surface area contributed by atoms with Crippen LogP contribution in [0.5, 0.6) is 0 Å². The topological polar surface area (TPSA) is 12.0 Å². The molecule has 1 aromatic rings. The second-order valence-corrected chi connectivity index (χ2v) is 3.67. The summed E-state index contributed by atoms with van der Waals surface area (Å²) in [5, 5.41) is 3.20. The first-order valence-corrected chi connectivity index (χ1v) is 5.28. The maximum Gasteiger partial charge on any atom is 0.122 e. The number of hydrogen-bond donors (Lipinski definition) is 1. The minimum atomic E-state index is -0.903. The maximum absolute atomic E-state index is 13.0. The monoisotopic (exact) mass is 207 g/mol. The molecule has 1 rings (SSSR count). The first-order valence-electron chi connectivity index (χ1n) is 5.28. The van der Waals surface area contributed by atoms with Crippen molar-refractivity contribution < 1.29 is 4.39 Å². The van der Waals surface area contributed by atoms with Crippen molar-refractivity contribution >= 4 is 0 Å². The average molecular weight is 207 g/mol. The molecule has 0 saturated carbocycles. The van der Waals surface area contributed by atoms with Gasteiger partial charge in [0.1, 0.15) is 6.17 Å². The Labute approximate surface area is 91.0 Å². The van der Waals surface area contributed by atoms with Crippen LogP contribution in [0.15, 0.2) is 36.5 Å². The lowest BCUT2D eigenvalue weighted by Gasteiger charge is -2.09. The van der Waals surface area contributed by atoms with Gasteiger partial charge >= 0.3 is 0 Å². The summed E-state index contributed by atoms with van der Waals surface area (Å²) in [6.07, 6.45) is 0.0125. The van der Waals surface area contributed by atoms with Gasteiger partial charge in [-0.1, -0.05) is 37.8 Å². The number of benzene rings is 1. The Morgan fingerprint density at radius 2 is 2.27 bits per heavy atom. The smallest absolute Gasteiger partial charge is 0.122 e. The van der Waals surface area contributed by atoms with E-state index in [1.54, 1.807) is 6.92 Å². The van der Waals surface area contributed by atoms with Gasteiger partial charge < -0.3 is 5.32 Å². The molecule has 0 fully saturated rings. The molecule has 0 radical (unpaired) electrons. The number of halogens is 1. The Morgan fingerprint density at radius 1 is 1.53 bits per heavy atom. The molecule has 0 amide bonds. The first-order chi connectivity index (χ1) is 7.13. The van der Waals surface area contributed by atoms with Crippen LogP contribution in [-0.4, -0.2) is 0 Å². The summed E-state index contributed by atoms with van der Waals surface area (Å²) >= 11 is 0. The Morgan fingerprint density at radius 3 is 2.87 bits per heavy atom. The van der Waals surface area contributed by atoms with Gasteiger partial charge in [-0.2, -0.15) is 0 Å². The van der Waals surface area contributed by atoms with Crippen molar-refractivity contribution in [2.24, 2.45) is 0 Å². The predicted molar refractivity (Wildman–Crippen MR) is 62.2 cm³/mol. The van der Waals surface area contributed by atoms with Gasteiger partial charge in [0.25, 0.3) is 0 Å². The standard InChI is InChI=1S/C13H18FN/c1-4-10(2)15-9-12-6-5-7-13(8-12)11(3)14/h5-8,11,15H,2,4,9H2,1,3H3. The number of allylic oxidation sites excluding steroid dienone is 1. The zero-order chi connectivity index (χ0) is 11.3. The van der Waals surface area contributed by atoms with Crippen molar-refractivity contribution in [1.29, 1.82) is 0 Å². The third-order valence-corrected chi connectivity index (χ3v) is 2.38.